The van der Waals surface area contributed by atoms with Crippen LogP contribution in [0.4, 0.5) is 0 Å². The minimum Gasteiger partial charge on any atom is -0.316 e. The van der Waals surface area contributed by atoms with Gasteiger partial charge in [-0.05, 0) is 39.3 Å². The molecule has 90 valence electrons. The second-order valence-electron chi connectivity index (χ2n) is 6.50. The van der Waals surface area contributed by atoms with Gasteiger partial charge in [-0.15, -0.1) is 0 Å². The first-order valence-electron chi connectivity index (χ1n) is 6.61. The molecule has 0 aliphatic carbocycles. The summed E-state index contributed by atoms with van der Waals surface area (Å²) in [5, 5.41) is 0. The van der Waals surface area contributed by atoms with Crippen LogP contribution in [0.15, 0.2) is 0 Å². The highest BCUT2D eigenvalue weighted by Crippen LogP contribution is 2.38. The van der Waals surface area contributed by atoms with E-state index in [2.05, 4.69) is 45.7 Å². The van der Waals surface area contributed by atoms with Crippen molar-refractivity contribution in [2.75, 3.05) is 0 Å². The van der Waals surface area contributed by atoms with Gasteiger partial charge in [-0.25, -0.2) is 0 Å². The maximum atomic E-state index is 2.91. The highest BCUT2D eigenvalue weighted by Gasteiger charge is 2.44. The Hall–Kier alpha value is 0.177. The Kier molecular flexibility index (Phi) is 4.05. The first kappa shape index (κ1) is 13.2. The van der Waals surface area contributed by atoms with Gasteiger partial charge in [0.2, 0.25) is 0 Å². The van der Waals surface area contributed by atoms with E-state index in [1.807, 2.05) is 0 Å². The van der Waals surface area contributed by atoms with E-state index in [9.17, 15) is 0 Å². The summed E-state index contributed by atoms with van der Waals surface area (Å²) in [5.74, 6) is 0. The average molecular weight is 227 g/mol. The molecule has 0 aromatic carbocycles. The van der Waals surface area contributed by atoms with Gasteiger partial charge in [0.05, 0.1) is 0 Å². The summed E-state index contributed by atoms with van der Waals surface area (Å²) in [7, 11) is -1.10. The second kappa shape index (κ2) is 4.58. The lowest BCUT2D eigenvalue weighted by Gasteiger charge is -2.50. The molecule has 1 heterocycles. The second-order valence-corrected chi connectivity index (χ2v) is 11.0. The third-order valence-corrected chi connectivity index (χ3v) is 9.15. The molecule has 0 aromatic heterocycles. The highest BCUT2D eigenvalue weighted by atomic mass is 28.3. The Balaban J connectivity index is 2.90. The Bertz CT molecular complexity index is 201. The van der Waals surface area contributed by atoms with Gasteiger partial charge in [0.25, 0.3) is 0 Å². The average Bonchev–Trinajstić information content (AvgIpc) is 2.49. The van der Waals surface area contributed by atoms with Crippen LogP contribution >= 0.6 is 0 Å². The van der Waals surface area contributed by atoms with E-state index in [0.29, 0.717) is 5.54 Å². The van der Waals surface area contributed by atoms with Crippen LogP contribution in [0, 0.1) is 0 Å². The van der Waals surface area contributed by atoms with E-state index in [4.69, 9.17) is 0 Å². The van der Waals surface area contributed by atoms with Crippen molar-refractivity contribution in [1.82, 2.24) is 4.57 Å². The van der Waals surface area contributed by atoms with Crippen molar-refractivity contribution in [3.63, 3.8) is 0 Å². The lowest BCUT2D eigenvalue weighted by molar-refractivity contribution is 0.183. The number of hydrogen-bond acceptors (Lipinski definition) is 1. The molecule has 1 unspecified atom stereocenters. The van der Waals surface area contributed by atoms with Gasteiger partial charge in [0.15, 0.2) is 0 Å². The molecule has 1 aliphatic heterocycles. The van der Waals surface area contributed by atoms with E-state index < -0.39 is 8.24 Å². The first-order chi connectivity index (χ1) is 6.81. The molecule has 0 saturated carbocycles. The van der Waals surface area contributed by atoms with Crippen molar-refractivity contribution in [2.45, 2.75) is 84.1 Å². The van der Waals surface area contributed by atoms with Gasteiger partial charge in [-0.2, -0.15) is 0 Å². The van der Waals surface area contributed by atoms with Gasteiger partial charge in [0, 0.05) is 11.6 Å². The molecule has 1 aliphatic rings. The van der Waals surface area contributed by atoms with Gasteiger partial charge >= 0.3 is 0 Å². The number of rotatable bonds is 3. The highest BCUT2D eigenvalue weighted by molar-refractivity contribution is 6.76. The SMILES string of the molecule is CCC(C)N(C(C)(C)C)[Si]1(C)CCCC1. The molecule has 0 N–H and O–H groups in total. The van der Waals surface area contributed by atoms with Crippen LogP contribution in [-0.2, 0) is 0 Å². The fourth-order valence-electron chi connectivity index (χ4n) is 3.56. The predicted molar refractivity (Wildman–Crippen MR) is 71.8 cm³/mol. The predicted octanol–water partition coefficient (Wildman–Crippen LogP) is 4.25. The minimum atomic E-state index is -1.10. The largest absolute Gasteiger partial charge is 0.316 e. The summed E-state index contributed by atoms with van der Waals surface area (Å²) in [6.45, 7) is 14.6. The topological polar surface area (TPSA) is 3.24 Å². The van der Waals surface area contributed by atoms with Crippen LogP contribution < -0.4 is 0 Å². The van der Waals surface area contributed by atoms with E-state index in [1.165, 1.54) is 31.4 Å². The van der Waals surface area contributed by atoms with Crippen molar-refractivity contribution < 1.29 is 0 Å². The molecule has 2 heteroatoms. The smallest absolute Gasteiger partial charge is 0.126 e. The van der Waals surface area contributed by atoms with E-state index in [-0.39, 0.29) is 0 Å². The Morgan fingerprint density at radius 3 is 2.00 bits per heavy atom. The van der Waals surface area contributed by atoms with Crippen molar-refractivity contribution in [3.8, 4) is 0 Å². The van der Waals surface area contributed by atoms with Crippen LogP contribution in [0.5, 0.6) is 0 Å². The molecule has 1 fully saturated rings. The minimum absolute atomic E-state index is 0.362. The van der Waals surface area contributed by atoms with Gasteiger partial charge in [0.1, 0.15) is 8.24 Å². The van der Waals surface area contributed by atoms with Crippen molar-refractivity contribution in [2.24, 2.45) is 0 Å². The molecular weight excluding hydrogens is 198 g/mol. The lowest BCUT2D eigenvalue weighted by Crippen LogP contribution is -2.61. The van der Waals surface area contributed by atoms with E-state index in [1.54, 1.807) is 0 Å². The first-order valence-corrected chi connectivity index (χ1v) is 9.47. The van der Waals surface area contributed by atoms with E-state index in [0.717, 1.165) is 6.04 Å². The zero-order chi connectivity index (χ0) is 11.7. The van der Waals surface area contributed by atoms with E-state index >= 15 is 0 Å². The fourth-order valence-corrected chi connectivity index (χ4v) is 9.18. The molecular formula is C13H29NSi. The Morgan fingerprint density at radius 1 is 1.20 bits per heavy atom. The van der Waals surface area contributed by atoms with Gasteiger partial charge in [-0.3, -0.25) is 0 Å². The summed E-state index contributed by atoms with van der Waals surface area (Å²) < 4.78 is 2.91. The summed E-state index contributed by atoms with van der Waals surface area (Å²) >= 11 is 0. The summed E-state index contributed by atoms with van der Waals surface area (Å²) in [6.07, 6.45) is 4.25. The number of hydrogen-bond donors (Lipinski definition) is 0. The normalized spacial score (nSPS) is 23.4. The number of nitrogens with zero attached hydrogens (tertiary/aromatic N) is 1. The van der Waals surface area contributed by atoms with Gasteiger partial charge < -0.3 is 4.57 Å². The molecule has 0 bridgehead atoms. The van der Waals surface area contributed by atoms with Crippen molar-refractivity contribution in [1.29, 1.82) is 0 Å². The van der Waals surface area contributed by atoms with Gasteiger partial charge in [-0.1, -0.05) is 33.2 Å². The molecule has 0 spiro atoms. The zero-order valence-electron chi connectivity index (χ0n) is 11.6. The molecule has 1 nitrogen and oxygen atoms in total. The standard InChI is InChI=1S/C13H29NSi/c1-7-12(2)14(13(3,4)5)15(6)10-8-9-11-15/h12H,7-11H2,1-6H3. The summed E-state index contributed by atoms with van der Waals surface area (Å²) in [6, 6.07) is 3.81. The van der Waals surface area contributed by atoms with Crippen LogP contribution in [0.3, 0.4) is 0 Å². The van der Waals surface area contributed by atoms with Crippen LogP contribution in [-0.4, -0.2) is 24.4 Å². The maximum Gasteiger partial charge on any atom is 0.126 e. The summed E-state index contributed by atoms with van der Waals surface area (Å²) in [4.78, 5) is 0. The van der Waals surface area contributed by atoms with Crippen molar-refractivity contribution in [3.05, 3.63) is 0 Å². The van der Waals surface area contributed by atoms with Crippen LogP contribution in [0.2, 0.25) is 18.6 Å². The molecule has 15 heavy (non-hydrogen) atoms. The molecule has 1 rings (SSSR count). The Morgan fingerprint density at radius 2 is 1.67 bits per heavy atom. The molecule has 1 atom stereocenters. The Labute approximate surface area is 97.3 Å². The molecule has 0 aromatic rings. The molecule has 0 amide bonds. The van der Waals surface area contributed by atoms with Crippen LogP contribution in [0.25, 0.3) is 0 Å². The summed E-state index contributed by atoms with van der Waals surface area (Å²) in [5.41, 5.74) is 0.362. The lowest BCUT2D eigenvalue weighted by atomic mass is 10.1. The fraction of sp³-hybridized carbons (Fsp3) is 1.00. The van der Waals surface area contributed by atoms with Crippen molar-refractivity contribution >= 4 is 8.24 Å². The molecule has 1 saturated heterocycles. The monoisotopic (exact) mass is 227 g/mol. The van der Waals surface area contributed by atoms with Crippen LogP contribution in [0.1, 0.15) is 53.9 Å². The molecule has 0 radical (unpaired) electrons. The quantitative estimate of drug-likeness (QED) is 0.651. The third-order valence-electron chi connectivity index (χ3n) is 4.02. The third kappa shape index (κ3) is 2.85. The maximum absolute atomic E-state index is 2.91. The zero-order valence-corrected chi connectivity index (χ0v) is 12.6.